The molecule has 1 aliphatic heterocycles. The first-order valence-corrected chi connectivity index (χ1v) is 11.2. The average molecular weight is 465 g/mol. The Morgan fingerprint density at radius 2 is 1.74 bits per heavy atom. The van der Waals surface area contributed by atoms with Gasteiger partial charge in [0.15, 0.2) is 11.5 Å². The Bertz CT molecular complexity index is 1150. The van der Waals surface area contributed by atoms with Crippen molar-refractivity contribution in [3.63, 3.8) is 0 Å². The second-order valence-corrected chi connectivity index (χ2v) is 8.21. The molecule has 0 aliphatic carbocycles. The topological polar surface area (TPSA) is 60.0 Å². The number of carbonyl (C=O) groups is 1. The van der Waals surface area contributed by atoms with Crippen molar-refractivity contribution in [3.8, 4) is 17.2 Å². The van der Waals surface area contributed by atoms with Gasteiger partial charge < -0.3 is 19.5 Å². The Hall–Kier alpha value is -3.58. The Morgan fingerprint density at radius 3 is 2.41 bits per heavy atom. The summed E-state index contributed by atoms with van der Waals surface area (Å²) in [7, 11) is 4.82. The van der Waals surface area contributed by atoms with Crippen molar-refractivity contribution in [1.29, 1.82) is 0 Å². The van der Waals surface area contributed by atoms with Crippen molar-refractivity contribution in [2.24, 2.45) is 0 Å². The van der Waals surface area contributed by atoms with Crippen LogP contribution < -0.4 is 19.5 Å². The van der Waals surface area contributed by atoms with Crippen molar-refractivity contribution in [2.45, 2.75) is 19.0 Å². The van der Waals surface area contributed by atoms with Crippen LogP contribution in [0.5, 0.6) is 17.2 Å². The van der Waals surface area contributed by atoms with Crippen molar-refractivity contribution in [2.75, 3.05) is 34.4 Å². The summed E-state index contributed by atoms with van der Waals surface area (Å²) in [5.41, 5.74) is 3.66. The minimum absolute atomic E-state index is 0.117. The molecular formula is C27H29FN2O4. The average Bonchev–Trinajstić information content (AvgIpc) is 2.87. The molecule has 3 aromatic carbocycles. The van der Waals surface area contributed by atoms with Crippen molar-refractivity contribution >= 4 is 5.91 Å². The molecule has 0 aromatic heterocycles. The molecule has 0 bridgehead atoms. The molecule has 6 nitrogen and oxygen atoms in total. The number of halogens is 1. The van der Waals surface area contributed by atoms with Crippen LogP contribution in [-0.2, 0) is 13.0 Å². The van der Waals surface area contributed by atoms with Gasteiger partial charge in [-0.3, -0.25) is 9.69 Å². The number of rotatable bonds is 8. The van der Waals surface area contributed by atoms with Crippen molar-refractivity contribution in [1.82, 2.24) is 10.2 Å². The first-order valence-electron chi connectivity index (χ1n) is 11.2. The summed E-state index contributed by atoms with van der Waals surface area (Å²) in [6.45, 7) is 1.72. The van der Waals surface area contributed by atoms with Crippen LogP contribution in [-0.4, -0.2) is 45.2 Å². The van der Waals surface area contributed by atoms with Gasteiger partial charge in [-0.2, -0.15) is 0 Å². The summed E-state index contributed by atoms with van der Waals surface area (Å²) in [5, 5.41) is 3.07. The van der Waals surface area contributed by atoms with Crippen LogP contribution >= 0.6 is 0 Å². The molecule has 0 unspecified atom stereocenters. The monoisotopic (exact) mass is 464 g/mol. The number of nitrogens with zero attached hydrogens (tertiary/aromatic N) is 1. The zero-order valence-electron chi connectivity index (χ0n) is 19.6. The summed E-state index contributed by atoms with van der Waals surface area (Å²) in [6, 6.07) is 17.5. The minimum Gasteiger partial charge on any atom is -0.497 e. The van der Waals surface area contributed by atoms with E-state index in [1.807, 2.05) is 18.2 Å². The number of ether oxygens (including phenoxy) is 3. The summed E-state index contributed by atoms with van der Waals surface area (Å²) < 4.78 is 30.0. The fraction of sp³-hybridized carbons (Fsp3) is 0.296. The molecule has 0 radical (unpaired) electrons. The summed E-state index contributed by atoms with van der Waals surface area (Å²) in [5.74, 6) is 1.59. The van der Waals surface area contributed by atoms with Gasteiger partial charge in [0.1, 0.15) is 11.6 Å². The Kier molecular flexibility index (Phi) is 7.33. The van der Waals surface area contributed by atoms with Crippen LogP contribution in [0.15, 0.2) is 60.7 Å². The molecule has 4 rings (SSSR count). The number of methoxy groups -OCH3 is 3. The standard InChI is InChI=1S/C27H29FN2O4/c1-32-22-9-7-19(8-10-22)27(31)29-16-24-23-15-26(34-3)25(33-2)14-20(23)11-12-30(24)17-18-5-4-6-21(28)13-18/h4-10,13-15,24H,11-12,16-17H2,1-3H3,(H,29,31)/t24-/m1/s1. The molecule has 0 spiro atoms. The van der Waals surface area contributed by atoms with Gasteiger partial charge in [-0.05, 0) is 71.6 Å². The van der Waals surface area contributed by atoms with E-state index in [4.69, 9.17) is 14.2 Å². The first-order chi connectivity index (χ1) is 16.5. The number of hydrogen-bond donors (Lipinski definition) is 1. The molecule has 7 heteroatoms. The number of carbonyl (C=O) groups excluding carboxylic acids is 1. The van der Waals surface area contributed by atoms with E-state index in [9.17, 15) is 9.18 Å². The number of hydrogen-bond acceptors (Lipinski definition) is 5. The quantitative estimate of drug-likeness (QED) is 0.536. The van der Waals surface area contributed by atoms with Gasteiger partial charge in [0.05, 0.1) is 27.4 Å². The van der Waals surface area contributed by atoms with Gasteiger partial charge in [-0.25, -0.2) is 4.39 Å². The van der Waals surface area contributed by atoms with Gasteiger partial charge in [0.2, 0.25) is 0 Å². The SMILES string of the molecule is COc1ccc(C(=O)NC[C@@H]2c3cc(OC)c(OC)cc3CCN2Cc2cccc(F)c2)cc1. The highest BCUT2D eigenvalue weighted by Gasteiger charge is 2.29. The number of amides is 1. The van der Waals surface area contributed by atoms with Crippen molar-refractivity contribution < 1.29 is 23.4 Å². The molecule has 0 saturated carbocycles. The van der Waals surface area contributed by atoms with Gasteiger partial charge >= 0.3 is 0 Å². The Balaban J connectivity index is 1.61. The third-order valence-electron chi connectivity index (χ3n) is 6.20. The van der Waals surface area contributed by atoms with E-state index in [-0.39, 0.29) is 17.8 Å². The summed E-state index contributed by atoms with van der Waals surface area (Å²) in [6.07, 6.45) is 0.813. The van der Waals surface area contributed by atoms with Crippen LogP contribution in [0.1, 0.15) is 33.1 Å². The van der Waals surface area contributed by atoms with Gasteiger partial charge in [-0.1, -0.05) is 12.1 Å². The van der Waals surface area contributed by atoms with Crippen LogP contribution in [0.25, 0.3) is 0 Å². The highest BCUT2D eigenvalue weighted by molar-refractivity contribution is 5.94. The first kappa shape index (κ1) is 23.6. The molecule has 1 atom stereocenters. The van der Waals surface area contributed by atoms with Gasteiger partial charge in [0, 0.05) is 25.2 Å². The maximum atomic E-state index is 13.8. The smallest absolute Gasteiger partial charge is 0.251 e. The highest BCUT2D eigenvalue weighted by Crippen LogP contribution is 2.38. The number of benzene rings is 3. The Labute approximate surface area is 199 Å². The normalized spacial score (nSPS) is 15.4. The molecule has 1 aliphatic rings. The molecule has 3 aromatic rings. The van der Waals surface area contributed by atoms with Crippen molar-refractivity contribution in [3.05, 3.63) is 88.7 Å². The van der Waals surface area contributed by atoms with E-state index < -0.39 is 0 Å². The van der Waals surface area contributed by atoms with E-state index in [1.54, 1.807) is 57.7 Å². The third-order valence-corrected chi connectivity index (χ3v) is 6.20. The molecule has 178 valence electrons. The Morgan fingerprint density at radius 1 is 1.00 bits per heavy atom. The lowest BCUT2D eigenvalue weighted by molar-refractivity contribution is 0.0925. The fourth-order valence-corrected chi connectivity index (χ4v) is 4.41. The van der Waals surface area contributed by atoms with Gasteiger partial charge in [0.25, 0.3) is 5.91 Å². The highest BCUT2D eigenvalue weighted by atomic mass is 19.1. The molecule has 34 heavy (non-hydrogen) atoms. The van der Waals surface area contributed by atoms with Crippen LogP contribution in [0.4, 0.5) is 4.39 Å². The maximum Gasteiger partial charge on any atom is 0.251 e. The summed E-state index contributed by atoms with van der Waals surface area (Å²) >= 11 is 0. The zero-order valence-corrected chi connectivity index (χ0v) is 19.6. The van der Waals surface area contributed by atoms with E-state index in [2.05, 4.69) is 10.2 Å². The predicted octanol–water partition coefficient (Wildman–Crippen LogP) is 4.38. The molecule has 0 fully saturated rings. The maximum absolute atomic E-state index is 13.8. The lowest BCUT2D eigenvalue weighted by atomic mass is 9.91. The molecule has 1 amide bonds. The van der Waals surface area contributed by atoms with E-state index in [0.717, 1.165) is 29.7 Å². The lowest BCUT2D eigenvalue weighted by Gasteiger charge is -2.38. The third kappa shape index (κ3) is 5.15. The zero-order chi connectivity index (χ0) is 24.1. The number of nitrogens with one attached hydrogen (secondary N) is 1. The minimum atomic E-state index is -0.259. The van der Waals surface area contributed by atoms with Crippen LogP contribution in [0.2, 0.25) is 0 Å². The van der Waals surface area contributed by atoms with E-state index in [0.29, 0.717) is 35.9 Å². The molecule has 1 heterocycles. The van der Waals surface area contributed by atoms with Gasteiger partial charge in [-0.15, -0.1) is 0 Å². The molecular weight excluding hydrogens is 435 g/mol. The van der Waals surface area contributed by atoms with Crippen LogP contribution in [0, 0.1) is 5.82 Å². The van der Waals surface area contributed by atoms with E-state index in [1.165, 1.54) is 6.07 Å². The fourth-order valence-electron chi connectivity index (χ4n) is 4.41. The second kappa shape index (κ2) is 10.6. The lowest BCUT2D eigenvalue weighted by Crippen LogP contribution is -2.41. The van der Waals surface area contributed by atoms with Crippen LogP contribution in [0.3, 0.4) is 0 Å². The molecule has 0 saturated heterocycles. The molecule has 1 N–H and O–H groups in total. The van der Waals surface area contributed by atoms with E-state index >= 15 is 0 Å². The number of fused-ring (bicyclic) bond motifs is 1. The largest absolute Gasteiger partial charge is 0.497 e. The summed E-state index contributed by atoms with van der Waals surface area (Å²) in [4.78, 5) is 15.1. The second-order valence-electron chi connectivity index (χ2n) is 8.21. The predicted molar refractivity (Wildman–Crippen MR) is 128 cm³/mol.